The molecule has 0 amide bonds. The molecule has 0 saturated carbocycles. The van der Waals surface area contributed by atoms with Crippen LogP contribution < -0.4 is 10.5 Å². The second-order valence-corrected chi connectivity index (χ2v) is 5.63. The third-order valence-corrected chi connectivity index (χ3v) is 4.21. The highest BCUT2D eigenvalue weighted by molar-refractivity contribution is 6.32. The van der Waals surface area contributed by atoms with E-state index in [0.29, 0.717) is 16.7 Å². The molecule has 3 heteroatoms. The Bertz CT molecular complexity index is 612. The average molecular weight is 288 g/mol. The molecule has 1 aliphatic rings. The van der Waals surface area contributed by atoms with Gasteiger partial charge in [0.05, 0.1) is 5.02 Å². The van der Waals surface area contributed by atoms with Gasteiger partial charge in [0, 0.05) is 0 Å². The van der Waals surface area contributed by atoms with Gasteiger partial charge >= 0.3 is 0 Å². The molecule has 104 valence electrons. The summed E-state index contributed by atoms with van der Waals surface area (Å²) in [5, 5.41) is 0.630. The maximum Gasteiger partial charge on any atom is 0.146 e. The van der Waals surface area contributed by atoms with Crippen molar-refractivity contribution < 1.29 is 4.74 Å². The number of hydrogen-bond donors (Lipinski definition) is 1. The zero-order valence-corrected chi connectivity index (χ0v) is 12.1. The van der Waals surface area contributed by atoms with E-state index in [4.69, 9.17) is 22.1 Å². The van der Waals surface area contributed by atoms with Crippen molar-refractivity contribution >= 4 is 11.6 Å². The molecule has 0 spiro atoms. The topological polar surface area (TPSA) is 35.2 Å². The van der Waals surface area contributed by atoms with Crippen molar-refractivity contribution in [2.75, 3.05) is 6.54 Å². The van der Waals surface area contributed by atoms with E-state index in [0.717, 1.165) is 18.7 Å². The SMILES string of the molecule is NC[C@@H]1CCCc2cc(Oc3ccccc3Cl)ccc21. The van der Waals surface area contributed by atoms with Crippen LogP contribution in [0.4, 0.5) is 0 Å². The largest absolute Gasteiger partial charge is 0.456 e. The molecule has 0 aliphatic heterocycles. The first-order valence-corrected chi connectivity index (χ1v) is 7.41. The Labute approximate surface area is 124 Å². The number of halogens is 1. The number of nitrogens with two attached hydrogens (primary N) is 1. The number of benzene rings is 2. The van der Waals surface area contributed by atoms with Crippen LogP contribution >= 0.6 is 11.6 Å². The molecule has 0 bridgehead atoms. The highest BCUT2D eigenvalue weighted by Gasteiger charge is 2.19. The molecule has 2 aromatic rings. The van der Waals surface area contributed by atoms with Gasteiger partial charge in [-0.2, -0.15) is 0 Å². The molecule has 0 unspecified atom stereocenters. The van der Waals surface area contributed by atoms with Crippen LogP contribution in [0.15, 0.2) is 42.5 Å². The van der Waals surface area contributed by atoms with Crippen LogP contribution in [0.1, 0.15) is 29.9 Å². The van der Waals surface area contributed by atoms with E-state index in [-0.39, 0.29) is 0 Å². The minimum atomic E-state index is 0.494. The summed E-state index contributed by atoms with van der Waals surface area (Å²) in [6, 6.07) is 13.8. The van der Waals surface area contributed by atoms with Crippen LogP contribution in [0.2, 0.25) is 5.02 Å². The fourth-order valence-electron chi connectivity index (χ4n) is 2.85. The fourth-order valence-corrected chi connectivity index (χ4v) is 3.03. The van der Waals surface area contributed by atoms with Crippen LogP contribution in [0, 0.1) is 0 Å². The molecule has 1 aliphatic carbocycles. The second kappa shape index (κ2) is 5.86. The molecular weight excluding hydrogens is 270 g/mol. The van der Waals surface area contributed by atoms with Gasteiger partial charge < -0.3 is 10.5 Å². The molecule has 0 heterocycles. The molecule has 2 nitrogen and oxygen atoms in total. The van der Waals surface area contributed by atoms with E-state index in [1.54, 1.807) is 0 Å². The summed E-state index contributed by atoms with van der Waals surface area (Å²) in [7, 11) is 0. The Balaban J connectivity index is 1.87. The summed E-state index contributed by atoms with van der Waals surface area (Å²) >= 11 is 6.12. The van der Waals surface area contributed by atoms with Gasteiger partial charge in [-0.15, -0.1) is 0 Å². The molecule has 2 aromatic carbocycles. The van der Waals surface area contributed by atoms with Crippen molar-refractivity contribution in [2.45, 2.75) is 25.2 Å². The van der Waals surface area contributed by atoms with Crippen LogP contribution in [0.5, 0.6) is 11.5 Å². The third-order valence-electron chi connectivity index (χ3n) is 3.90. The minimum absolute atomic E-state index is 0.494. The van der Waals surface area contributed by atoms with E-state index >= 15 is 0 Å². The summed E-state index contributed by atoms with van der Waals surface area (Å²) in [6.45, 7) is 0.720. The Morgan fingerprint density at radius 2 is 2.05 bits per heavy atom. The lowest BCUT2D eigenvalue weighted by molar-refractivity contribution is 0.479. The van der Waals surface area contributed by atoms with Gasteiger partial charge in [0.15, 0.2) is 0 Å². The fraction of sp³-hybridized carbons (Fsp3) is 0.294. The lowest BCUT2D eigenvalue weighted by atomic mass is 9.83. The van der Waals surface area contributed by atoms with E-state index in [1.807, 2.05) is 30.3 Å². The van der Waals surface area contributed by atoms with E-state index in [1.165, 1.54) is 24.0 Å². The standard InChI is InChI=1S/C17H18ClNO/c18-16-6-1-2-7-17(16)20-14-8-9-15-12(10-14)4-3-5-13(15)11-19/h1-2,6-10,13H,3-5,11,19H2/t13-/m0/s1. The maximum absolute atomic E-state index is 6.12. The first-order valence-electron chi connectivity index (χ1n) is 7.03. The Morgan fingerprint density at radius 1 is 1.20 bits per heavy atom. The molecule has 0 saturated heterocycles. The van der Waals surface area contributed by atoms with Crippen molar-refractivity contribution in [1.82, 2.24) is 0 Å². The van der Waals surface area contributed by atoms with Crippen molar-refractivity contribution in [3.05, 3.63) is 58.6 Å². The number of hydrogen-bond acceptors (Lipinski definition) is 2. The number of fused-ring (bicyclic) bond motifs is 1. The molecule has 2 N–H and O–H groups in total. The zero-order valence-electron chi connectivity index (χ0n) is 11.3. The van der Waals surface area contributed by atoms with Crippen LogP contribution in [-0.4, -0.2) is 6.54 Å². The van der Waals surface area contributed by atoms with Crippen molar-refractivity contribution in [3.63, 3.8) is 0 Å². The van der Waals surface area contributed by atoms with Crippen molar-refractivity contribution in [2.24, 2.45) is 5.73 Å². The first kappa shape index (κ1) is 13.5. The summed E-state index contributed by atoms with van der Waals surface area (Å²) in [5.74, 6) is 2.03. The van der Waals surface area contributed by atoms with Crippen LogP contribution in [0.3, 0.4) is 0 Å². The normalized spacial score (nSPS) is 17.6. The summed E-state index contributed by atoms with van der Waals surface area (Å²) in [4.78, 5) is 0. The highest BCUT2D eigenvalue weighted by atomic mass is 35.5. The predicted octanol–water partition coefficient (Wildman–Crippen LogP) is 4.51. The van der Waals surface area contributed by atoms with E-state index in [2.05, 4.69) is 12.1 Å². The number of aryl methyl sites for hydroxylation is 1. The Morgan fingerprint density at radius 3 is 2.85 bits per heavy atom. The van der Waals surface area contributed by atoms with Gasteiger partial charge in [0.25, 0.3) is 0 Å². The molecule has 0 radical (unpaired) electrons. The minimum Gasteiger partial charge on any atom is -0.456 e. The van der Waals surface area contributed by atoms with Crippen molar-refractivity contribution in [3.8, 4) is 11.5 Å². The van der Waals surface area contributed by atoms with Gasteiger partial charge in [0.1, 0.15) is 11.5 Å². The van der Waals surface area contributed by atoms with Crippen LogP contribution in [0.25, 0.3) is 0 Å². The summed E-state index contributed by atoms with van der Waals surface area (Å²) in [6.07, 6.45) is 3.49. The molecule has 20 heavy (non-hydrogen) atoms. The maximum atomic E-state index is 6.12. The molecular formula is C17H18ClNO. The van der Waals surface area contributed by atoms with Gasteiger partial charge in [-0.3, -0.25) is 0 Å². The monoisotopic (exact) mass is 287 g/mol. The quantitative estimate of drug-likeness (QED) is 0.901. The molecule has 0 fully saturated rings. The van der Waals surface area contributed by atoms with Crippen molar-refractivity contribution in [1.29, 1.82) is 0 Å². The number of ether oxygens (including phenoxy) is 1. The molecule has 1 atom stereocenters. The number of para-hydroxylation sites is 1. The first-order chi connectivity index (χ1) is 9.78. The molecule has 0 aromatic heterocycles. The second-order valence-electron chi connectivity index (χ2n) is 5.22. The predicted molar refractivity (Wildman–Crippen MR) is 82.7 cm³/mol. The zero-order chi connectivity index (χ0) is 13.9. The van der Waals surface area contributed by atoms with Gasteiger partial charge in [-0.25, -0.2) is 0 Å². The average Bonchev–Trinajstić information content (AvgIpc) is 2.49. The summed E-state index contributed by atoms with van der Waals surface area (Å²) in [5.41, 5.74) is 8.59. The van der Waals surface area contributed by atoms with Crippen LogP contribution in [-0.2, 0) is 6.42 Å². The lowest BCUT2D eigenvalue weighted by Crippen LogP contribution is -2.18. The van der Waals surface area contributed by atoms with E-state index < -0.39 is 0 Å². The van der Waals surface area contributed by atoms with Gasteiger partial charge in [-0.1, -0.05) is 29.8 Å². The third kappa shape index (κ3) is 2.67. The summed E-state index contributed by atoms with van der Waals surface area (Å²) < 4.78 is 5.88. The Hall–Kier alpha value is -1.51. The number of rotatable bonds is 3. The lowest BCUT2D eigenvalue weighted by Gasteiger charge is -2.24. The Kier molecular flexibility index (Phi) is 3.95. The molecule has 3 rings (SSSR count). The highest BCUT2D eigenvalue weighted by Crippen LogP contribution is 2.35. The van der Waals surface area contributed by atoms with Gasteiger partial charge in [-0.05, 0) is 67.1 Å². The smallest absolute Gasteiger partial charge is 0.146 e. The van der Waals surface area contributed by atoms with E-state index in [9.17, 15) is 0 Å². The van der Waals surface area contributed by atoms with Gasteiger partial charge in [0.2, 0.25) is 0 Å².